The lowest BCUT2D eigenvalue weighted by Gasteiger charge is -2.31. The molecule has 2 N–H and O–H groups in total. The van der Waals surface area contributed by atoms with Gasteiger partial charge in [-0.2, -0.15) is 0 Å². The quantitative estimate of drug-likeness (QED) is 0.858. The van der Waals surface area contributed by atoms with Crippen molar-refractivity contribution in [1.29, 1.82) is 0 Å². The van der Waals surface area contributed by atoms with Crippen LogP contribution in [-0.2, 0) is 0 Å². The number of hydrogen-bond acceptors (Lipinski definition) is 4. The molecule has 0 atom stereocenters. The molecular weight excluding hydrogens is 236 g/mol. The second kappa shape index (κ2) is 6.33. The molecule has 1 rings (SSSR count). The highest BCUT2D eigenvalue weighted by atomic mass is 15.3. The topological polar surface area (TPSA) is 55.0 Å². The molecule has 0 saturated heterocycles. The summed E-state index contributed by atoms with van der Waals surface area (Å²) in [4.78, 5) is 11.5. The van der Waals surface area contributed by atoms with E-state index in [-0.39, 0.29) is 5.41 Å². The first-order valence-corrected chi connectivity index (χ1v) is 7.09. The van der Waals surface area contributed by atoms with Gasteiger partial charge in [0.25, 0.3) is 0 Å². The molecule has 4 nitrogen and oxygen atoms in total. The maximum Gasteiger partial charge on any atom is 0.225 e. The predicted octanol–water partition coefficient (Wildman–Crippen LogP) is 2.72. The Labute approximate surface area is 117 Å². The third-order valence-corrected chi connectivity index (χ3v) is 3.29. The molecule has 4 heteroatoms. The molecule has 19 heavy (non-hydrogen) atoms. The Morgan fingerprint density at radius 3 is 2.42 bits per heavy atom. The normalized spacial score (nSPS) is 12.0. The van der Waals surface area contributed by atoms with E-state index in [0.717, 1.165) is 30.4 Å². The van der Waals surface area contributed by atoms with Gasteiger partial charge in [-0.1, -0.05) is 27.7 Å². The van der Waals surface area contributed by atoms with Gasteiger partial charge in [-0.15, -0.1) is 0 Å². The average molecular weight is 264 g/mol. The molecule has 0 aliphatic heterocycles. The third-order valence-electron chi connectivity index (χ3n) is 3.29. The summed E-state index contributed by atoms with van der Waals surface area (Å²) in [6.45, 7) is 15.3. The molecular formula is C15H28N4. The third kappa shape index (κ3) is 4.46. The molecule has 0 radical (unpaired) electrons. The number of aryl methyl sites for hydroxylation is 1. The fourth-order valence-corrected chi connectivity index (χ4v) is 1.92. The first kappa shape index (κ1) is 15.9. The molecule has 0 aliphatic carbocycles. The fourth-order valence-electron chi connectivity index (χ4n) is 1.92. The minimum Gasteiger partial charge on any atom is -0.341 e. The number of aromatic nitrogens is 2. The largest absolute Gasteiger partial charge is 0.341 e. The van der Waals surface area contributed by atoms with Gasteiger partial charge in [-0.05, 0) is 37.8 Å². The van der Waals surface area contributed by atoms with Crippen LogP contribution >= 0.6 is 0 Å². The Morgan fingerprint density at radius 2 is 1.95 bits per heavy atom. The first-order chi connectivity index (χ1) is 8.79. The molecule has 0 fully saturated rings. The Bertz CT molecular complexity index is 413. The van der Waals surface area contributed by atoms with Gasteiger partial charge in [-0.3, -0.25) is 0 Å². The van der Waals surface area contributed by atoms with Crippen LogP contribution in [0.15, 0.2) is 6.07 Å². The van der Waals surface area contributed by atoms with Crippen molar-refractivity contribution in [2.45, 2.75) is 47.5 Å². The van der Waals surface area contributed by atoms with Gasteiger partial charge in [0.1, 0.15) is 0 Å². The maximum absolute atomic E-state index is 5.83. The van der Waals surface area contributed by atoms with Gasteiger partial charge in [0, 0.05) is 24.5 Å². The minimum absolute atomic E-state index is 0.0705. The Morgan fingerprint density at radius 1 is 1.32 bits per heavy atom. The number of nitrogens with two attached hydrogens (primary N) is 1. The van der Waals surface area contributed by atoms with Crippen molar-refractivity contribution >= 4 is 5.95 Å². The Kier molecular flexibility index (Phi) is 5.29. The van der Waals surface area contributed by atoms with E-state index in [9.17, 15) is 0 Å². The molecule has 0 saturated carbocycles. The van der Waals surface area contributed by atoms with Gasteiger partial charge >= 0.3 is 0 Å². The number of nitrogens with zero attached hydrogens (tertiary/aromatic N) is 3. The van der Waals surface area contributed by atoms with Crippen molar-refractivity contribution in [1.82, 2.24) is 9.97 Å². The van der Waals surface area contributed by atoms with Gasteiger partial charge in [0.2, 0.25) is 5.95 Å². The van der Waals surface area contributed by atoms with Crippen molar-refractivity contribution in [3.63, 3.8) is 0 Å². The molecule has 108 valence electrons. The lowest BCUT2D eigenvalue weighted by Crippen LogP contribution is -2.39. The summed E-state index contributed by atoms with van der Waals surface area (Å²) in [6.07, 6.45) is 0. The van der Waals surface area contributed by atoms with Crippen LogP contribution in [0.5, 0.6) is 0 Å². The minimum atomic E-state index is 0.0705. The zero-order valence-corrected chi connectivity index (χ0v) is 13.2. The fraction of sp³-hybridized carbons (Fsp3) is 0.733. The van der Waals surface area contributed by atoms with Crippen molar-refractivity contribution in [3.8, 4) is 0 Å². The molecule has 0 aliphatic rings. The van der Waals surface area contributed by atoms with Crippen LogP contribution in [0.3, 0.4) is 0 Å². The molecule has 1 aromatic heterocycles. The summed E-state index contributed by atoms with van der Waals surface area (Å²) in [7, 11) is 0. The van der Waals surface area contributed by atoms with Gasteiger partial charge < -0.3 is 10.6 Å². The Hall–Kier alpha value is -1.16. The highest BCUT2D eigenvalue weighted by Gasteiger charge is 2.21. The van der Waals surface area contributed by atoms with Crippen molar-refractivity contribution in [2.75, 3.05) is 24.5 Å². The molecule has 0 amide bonds. The Balaban J connectivity index is 3.04. The van der Waals surface area contributed by atoms with Crippen LogP contribution in [0.25, 0.3) is 0 Å². The van der Waals surface area contributed by atoms with Crippen LogP contribution in [0.2, 0.25) is 0 Å². The SMILES string of the molecule is CCN(CC(C)(C)CN)c1nc(C)cc(C(C)C)n1. The van der Waals surface area contributed by atoms with Crippen LogP contribution in [0.4, 0.5) is 5.95 Å². The van der Waals surface area contributed by atoms with Gasteiger partial charge in [-0.25, -0.2) is 9.97 Å². The van der Waals surface area contributed by atoms with Gasteiger partial charge in [0.15, 0.2) is 0 Å². The summed E-state index contributed by atoms with van der Waals surface area (Å²) in [5, 5.41) is 0. The van der Waals surface area contributed by atoms with Crippen molar-refractivity contribution in [3.05, 3.63) is 17.5 Å². The molecule has 0 spiro atoms. The van der Waals surface area contributed by atoms with Crippen LogP contribution in [0, 0.1) is 12.3 Å². The van der Waals surface area contributed by atoms with E-state index in [1.807, 2.05) is 6.92 Å². The van der Waals surface area contributed by atoms with Crippen molar-refractivity contribution < 1.29 is 0 Å². The van der Waals surface area contributed by atoms with Crippen LogP contribution in [0.1, 0.15) is 51.9 Å². The zero-order valence-electron chi connectivity index (χ0n) is 13.2. The molecule has 1 aromatic rings. The zero-order chi connectivity index (χ0) is 14.6. The summed E-state index contributed by atoms with van der Waals surface area (Å²) in [5.41, 5.74) is 8.03. The highest BCUT2D eigenvalue weighted by Crippen LogP contribution is 2.21. The van der Waals surface area contributed by atoms with Crippen LogP contribution in [-0.4, -0.2) is 29.6 Å². The summed E-state index contributed by atoms with van der Waals surface area (Å²) in [5.74, 6) is 1.24. The smallest absolute Gasteiger partial charge is 0.225 e. The molecule has 0 unspecified atom stereocenters. The lowest BCUT2D eigenvalue weighted by atomic mass is 9.93. The van der Waals surface area contributed by atoms with E-state index in [2.05, 4.69) is 50.6 Å². The monoisotopic (exact) mass is 264 g/mol. The molecule has 0 aromatic carbocycles. The average Bonchev–Trinajstić information content (AvgIpc) is 2.35. The summed E-state index contributed by atoms with van der Waals surface area (Å²) in [6, 6.07) is 2.07. The van der Waals surface area contributed by atoms with E-state index in [1.165, 1.54) is 0 Å². The second-order valence-electron chi connectivity index (χ2n) is 6.27. The van der Waals surface area contributed by atoms with E-state index in [1.54, 1.807) is 0 Å². The van der Waals surface area contributed by atoms with Crippen molar-refractivity contribution in [2.24, 2.45) is 11.1 Å². The number of hydrogen-bond donors (Lipinski definition) is 1. The van der Waals surface area contributed by atoms with E-state index in [4.69, 9.17) is 10.7 Å². The van der Waals surface area contributed by atoms with E-state index in [0.29, 0.717) is 12.5 Å². The maximum atomic E-state index is 5.83. The second-order valence-corrected chi connectivity index (χ2v) is 6.27. The number of rotatable bonds is 6. The van der Waals surface area contributed by atoms with E-state index >= 15 is 0 Å². The first-order valence-electron chi connectivity index (χ1n) is 7.09. The van der Waals surface area contributed by atoms with E-state index < -0.39 is 0 Å². The predicted molar refractivity (Wildman–Crippen MR) is 81.6 cm³/mol. The van der Waals surface area contributed by atoms with Crippen LogP contribution < -0.4 is 10.6 Å². The summed E-state index contributed by atoms with van der Waals surface area (Å²) < 4.78 is 0. The standard InChI is InChI=1S/C15H28N4/c1-7-19(10-15(5,6)9-16)14-17-12(4)8-13(18-14)11(2)3/h8,11H,7,9-10,16H2,1-6H3. The van der Waals surface area contributed by atoms with Gasteiger partial charge in [0.05, 0.1) is 0 Å². The molecule has 0 bridgehead atoms. The summed E-state index contributed by atoms with van der Waals surface area (Å²) >= 11 is 0. The lowest BCUT2D eigenvalue weighted by molar-refractivity contribution is 0.377. The highest BCUT2D eigenvalue weighted by molar-refractivity contribution is 5.33. The molecule has 1 heterocycles. The number of anilines is 1.